The van der Waals surface area contributed by atoms with Gasteiger partial charge in [-0.25, -0.2) is 14.4 Å². The highest BCUT2D eigenvalue weighted by molar-refractivity contribution is 6.02. The van der Waals surface area contributed by atoms with Crippen LogP contribution in [-0.4, -0.2) is 31.9 Å². The van der Waals surface area contributed by atoms with E-state index in [1.807, 2.05) is 0 Å². The van der Waals surface area contributed by atoms with Crippen molar-refractivity contribution in [1.29, 1.82) is 0 Å². The molecule has 0 radical (unpaired) electrons. The Morgan fingerprint density at radius 3 is 2.65 bits per heavy atom. The van der Waals surface area contributed by atoms with Crippen LogP contribution in [0.4, 0.5) is 29.1 Å². The van der Waals surface area contributed by atoms with Crippen LogP contribution in [-0.2, 0) is 11.8 Å². The Morgan fingerprint density at radius 2 is 1.94 bits per heavy atom. The monoisotopic (exact) mass is 475 g/mol. The first-order chi connectivity index (χ1) is 16.0. The first-order valence-electron chi connectivity index (χ1n) is 9.73. The lowest BCUT2D eigenvalue weighted by molar-refractivity contribution is -0.274. The van der Waals surface area contributed by atoms with Crippen LogP contribution in [0.25, 0.3) is 22.2 Å². The Bertz CT molecular complexity index is 1390. The number of hydrogen-bond acceptors (Lipinski definition) is 6. The standard InChI is InChI=1S/C22H17F4N5O3/c1-31-9-15(17-19(27)28-10-29-20(17)31)14-6-5-13(8-16(14)34-22(24,25)26)30-21(33)18(32)11-3-2-4-12(23)7-11/h2-10,18,32H,1H3,(H,30,33)(H2,27,28,29)/t18-/m0/s1. The van der Waals surface area contributed by atoms with Crippen molar-refractivity contribution >= 4 is 28.4 Å². The summed E-state index contributed by atoms with van der Waals surface area (Å²) in [5.41, 5.74) is 6.54. The summed E-state index contributed by atoms with van der Waals surface area (Å²) in [5, 5.41) is 12.8. The maximum Gasteiger partial charge on any atom is 0.573 e. The lowest BCUT2D eigenvalue weighted by Crippen LogP contribution is -2.21. The van der Waals surface area contributed by atoms with Crippen molar-refractivity contribution in [2.75, 3.05) is 11.1 Å². The summed E-state index contributed by atoms with van der Waals surface area (Å²) >= 11 is 0. The van der Waals surface area contributed by atoms with Crippen molar-refractivity contribution in [2.45, 2.75) is 12.5 Å². The van der Waals surface area contributed by atoms with Crippen LogP contribution in [0.2, 0.25) is 0 Å². The number of aliphatic hydroxyl groups is 1. The van der Waals surface area contributed by atoms with Crippen molar-refractivity contribution in [3.8, 4) is 16.9 Å². The molecule has 0 spiro atoms. The fourth-order valence-corrected chi connectivity index (χ4v) is 3.51. The van der Waals surface area contributed by atoms with Crippen molar-refractivity contribution in [3.63, 3.8) is 0 Å². The van der Waals surface area contributed by atoms with E-state index < -0.39 is 29.9 Å². The molecule has 4 N–H and O–H groups in total. The Kier molecular flexibility index (Phi) is 5.83. The molecule has 12 heteroatoms. The average molecular weight is 475 g/mol. The summed E-state index contributed by atoms with van der Waals surface area (Å²) in [7, 11) is 1.64. The second-order valence-electron chi connectivity index (χ2n) is 7.32. The molecule has 1 amide bonds. The largest absolute Gasteiger partial charge is 0.573 e. The molecule has 0 saturated heterocycles. The van der Waals surface area contributed by atoms with Gasteiger partial charge in [-0.3, -0.25) is 4.79 Å². The smallest absolute Gasteiger partial charge is 0.405 e. The summed E-state index contributed by atoms with van der Waals surface area (Å²) in [5.74, 6) is -2.19. The van der Waals surface area contributed by atoms with Gasteiger partial charge in [-0.1, -0.05) is 12.1 Å². The minimum Gasteiger partial charge on any atom is -0.405 e. The molecule has 0 aliphatic heterocycles. The molecule has 2 aromatic carbocycles. The van der Waals surface area contributed by atoms with Crippen molar-refractivity contribution in [2.24, 2.45) is 7.05 Å². The van der Waals surface area contributed by atoms with Crippen LogP contribution in [0.15, 0.2) is 55.0 Å². The molecule has 0 fully saturated rings. The second kappa shape index (κ2) is 8.63. The van der Waals surface area contributed by atoms with Gasteiger partial charge in [0.25, 0.3) is 5.91 Å². The average Bonchev–Trinajstić information content (AvgIpc) is 3.10. The number of nitrogen functional groups attached to an aromatic ring is 1. The first-order valence-corrected chi connectivity index (χ1v) is 9.73. The fraction of sp³-hybridized carbons (Fsp3) is 0.136. The van der Waals surface area contributed by atoms with Crippen LogP contribution >= 0.6 is 0 Å². The van der Waals surface area contributed by atoms with Crippen LogP contribution in [0.5, 0.6) is 5.75 Å². The molecule has 2 heterocycles. The Morgan fingerprint density at radius 1 is 1.18 bits per heavy atom. The Balaban J connectivity index is 1.73. The van der Waals surface area contributed by atoms with Gasteiger partial charge in [0.15, 0.2) is 6.10 Å². The SMILES string of the molecule is Cn1cc(-c2ccc(NC(=O)[C@@H](O)c3cccc(F)c3)cc2OC(F)(F)F)c2c(N)ncnc21. The Labute approximate surface area is 189 Å². The number of anilines is 2. The zero-order chi connectivity index (χ0) is 24.6. The van der Waals surface area contributed by atoms with Gasteiger partial charge in [0.05, 0.1) is 5.39 Å². The zero-order valence-corrected chi connectivity index (χ0v) is 17.5. The number of aliphatic hydroxyl groups excluding tert-OH is 1. The summed E-state index contributed by atoms with van der Waals surface area (Å²) in [6.45, 7) is 0. The first kappa shape index (κ1) is 23.0. The number of hydrogen-bond donors (Lipinski definition) is 3. The number of aromatic nitrogens is 3. The van der Waals surface area contributed by atoms with E-state index in [2.05, 4.69) is 20.0 Å². The van der Waals surface area contributed by atoms with Crippen LogP contribution < -0.4 is 15.8 Å². The molecular weight excluding hydrogens is 458 g/mol. The highest BCUT2D eigenvalue weighted by Gasteiger charge is 2.33. The van der Waals surface area contributed by atoms with Gasteiger partial charge in [-0.2, -0.15) is 0 Å². The number of fused-ring (bicyclic) bond motifs is 1. The van der Waals surface area contributed by atoms with Gasteiger partial charge in [0.1, 0.15) is 29.4 Å². The van der Waals surface area contributed by atoms with Crippen molar-refractivity contribution < 1.29 is 32.2 Å². The number of alkyl halides is 3. The number of benzene rings is 2. The molecule has 8 nitrogen and oxygen atoms in total. The van der Waals surface area contributed by atoms with Crippen molar-refractivity contribution in [3.05, 3.63) is 66.4 Å². The Hall–Kier alpha value is -4.19. The quantitative estimate of drug-likeness (QED) is 0.377. The minimum atomic E-state index is -5.04. The number of halogens is 4. The van der Waals surface area contributed by atoms with E-state index in [-0.39, 0.29) is 28.2 Å². The number of carbonyl (C=O) groups is 1. The fourth-order valence-electron chi connectivity index (χ4n) is 3.51. The van der Waals surface area contributed by atoms with E-state index in [0.717, 1.165) is 18.2 Å². The molecule has 34 heavy (non-hydrogen) atoms. The predicted molar refractivity (Wildman–Crippen MR) is 115 cm³/mol. The number of nitrogens with one attached hydrogen (secondary N) is 1. The molecule has 2 aromatic heterocycles. The van der Waals surface area contributed by atoms with E-state index in [0.29, 0.717) is 11.0 Å². The molecular formula is C22H17F4N5O3. The van der Waals surface area contributed by atoms with Gasteiger partial charge in [0.2, 0.25) is 0 Å². The normalized spacial score (nSPS) is 12.5. The summed E-state index contributed by atoms with van der Waals surface area (Å²) in [4.78, 5) is 20.4. The van der Waals surface area contributed by atoms with E-state index in [9.17, 15) is 27.5 Å². The van der Waals surface area contributed by atoms with E-state index >= 15 is 0 Å². The predicted octanol–water partition coefficient (Wildman–Crippen LogP) is 3.93. The molecule has 0 aliphatic carbocycles. The number of nitrogens with zero attached hydrogens (tertiary/aromatic N) is 3. The summed E-state index contributed by atoms with van der Waals surface area (Å²) in [6, 6.07) is 8.33. The molecule has 1 atom stereocenters. The van der Waals surface area contributed by atoms with E-state index in [1.165, 1.54) is 36.8 Å². The van der Waals surface area contributed by atoms with E-state index in [1.54, 1.807) is 11.6 Å². The minimum absolute atomic E-state index is 0.0212. The van der Waals surface area contributed by atoms with Crippen LogP contribution in [0.3, 0.4) is 0 Å². The number of rotatable bonds is 5. The molecule has 0 aliphatic rings. The van der Waals surface area contributed by atoms with Gasteiger partial charge in [-0.15, -0.1) is 13.2 Å². The zero-order valence-electron chi connectivity index (χ0n) is 17.5. The van der Waals surface area contributed by atoms with Crippen molar-refractivity contribution in [1.82, 2.24) is 14.5 Å². The van der Waals surface area contributed by atoms with Crippen LogP contribution in [0, 0.1) is 5.82 Å². The lowest BCUT2D eigenvalue weighted by Gasteiger charge is -2.16. The molecule has 176 valence electrons. The van der Waals surface area contributed by atoms with Gasteiger partial charge >= 0.3 is 6.36 Å². The number of ether oxygens (including phenoxy) is 1. The lowest BCUT2D eigenvalue weighted by atomic mass is 10.0. The molecule has 0 bridgehead atoms. The number of carbonyl (C=O) groups excluding carboxylic acids is 1. The third kappa shape index (κ3) is 4.62. The van der Waals surface area contributed by atoms with Crippen LogP contribution in [0.1, 0.15) is 11.7 Å². The maximum atomic E-state index is 13.4. The molecule has 4 rings (SSSR count). The van der Waals surface area contributed by atoms with E-state index in [4.69, 9.17) is 5.73 Å². The highest BCUT2D eigenvalue weighted by Crippen LogP contribution is 2.40. The number of nitrogens with two attached hydrogens (primary N) is 1. The molecule has 0 unspecified atom stereocenters. The number of aryl methyl sites for hydroxylation is 1. The summed E-state index contributed by atoms with van der Waals surface area (Å²) < 4.78 is 58.7. The third-order valence-corrected chi connectivity index (χ3v) is 4.96. The third-order valence-electron chi connectivity index (χ3n) is 4.96. The number of amides is 1. The molecule has 4 aromatic rings. The summed E-state index contributed by atoms with van der Waals surface area (Å²) in [6.07, 6.45) is -4.03. The van der Waals surface area contributed by atoms with Gasteiger partial charge in [0, 0.05) is 36.1 Å². The maximum absolute atomic E-state index is 13.4. The highest BCUT2D eigenvalue weighted by atomic mass is 19.4. The van der Waals surface area contributed by atoms with Gasteiger partial charge in [-0.05, 0) is 29.8 Å². The van der Waals surface area contributed by atoms with Gasteiger partial charge < -0.3 is 25.5 Å². The second-order valence-corrected chi connectivity index (χ2v) is 7.32. The topological polar surface area (TPSA) is 115 Å². The molecule has 0 saturated carbocycles.